The van der Waals surface area contributed by atoms with Crippen LogP contribution in [0.15, 0.2) is 47.4 Å². The molecule has 0 atom stereocenters. The summed E-state index contributed by atoms with van der Waals surface area (Å²) in [6.07, 6.45) is -11.1. The number of carbonyl (C=O) groups excluding carboxylic acids is 1. The van der Waals surface area contributed by atoms with Crippen LogP contribution in [0.3, 0.4) is 0 Å². The van der Waals surface area contributed by atoms with Gasteiger partial charge in [-0.05, 0) is 50.2 Å². The predicted octanol–water partition coefficient (Wildman–Crippen LogP) is 5.18. The first-order valence-corrected chi connectivity index (χ1v) is 11.0. The summed E-state index contributed by atoms with van der Waals surface area (Å²) < 4.78 is 115. The molecule has 0 aliphatic carbocycles. The van der Waals surface area contributed by atoms with Crippen molar-refractivity contribution in [1.29, 1.82) is 0 Å². The molecule has 1 aliphatic heterocycles. The number of nitrogens with one attached hydrogen (secondary N) is 1. The lowest BCUT2D eigenvalue weighted by Crippen LogP contribution is -2.44. The van der Waals surface area contributed by atoms with Crippen LogP contribution < -0.4 is 14.4 Å². The monoisotopic (exact) mass is 512 g/mol. The number of hydrogen-bond donors (Lipinski definition) is 1. The molecule has 3 rings (SSSR count). The molecule has 2 aromatic carbocycles. The number of anilines is 2. The number of alkyl halides is 6. The van der Waals surface area contributed by atoms with Crippen LogP contribution in [0.4, 0.5) is 42.5 Å². The molecular formula is C20H18F6N2O5S. The number of ether oxygens (including phenoxy) is 2. The molecule has 0 aromatic heterocycles. The summed E-state index contributed by atoms with van der Waals surface area (Å²) in [7, 11) is -4.49. The molecule has 1 N–H and O–H groups in total. The molecule has 1 amide bonds. The van der Waals surface area contributed by atoms with Gasteiger partial charge in [-0.1, -0.05) is 6.07 Å². The molecule has 0 saturated carbocycles. The lowest BCUT2D eigenvalue weighted by Gasteiger charge is -2.31. The zero-order valence-corrected chi connectivity index (χ0v) is 18.4. The number of sulfonamides is 1. The fourth-order valence-corrected chi connectivity index (χ4v) is 4.41. The van der Waals surface area contributed by atoms with Crippen molar-refractivity contribution in [3.63, 3.8) is 0 Å². The van der Waals surface area contributed by atoms with E-state index in [2.05, 4.69) is 10.1 Å². The molecule has 14 heteroatoms. The Morgan fingerprint density at radius 3 is 2.35 bits per heavy atom. The average Bonchev–Trinajstić information content (AvgIpc) is 2.71. The summed E-state index contributed by atoms with van der Waals surface area (Å²) in [4.78, 5) is 11.3. The zero-order chi connectivity index (χ0) is 25.5. The number of rotatable bonds is 4. The molecule has 0 bridgehead atoms. The van der Waals surface area contributed by atoms with Crippen LogP contribution in [0.1, 0.15) is 19.4 Å². The van der Waals surface area contributed by atoms with Crippen molar-refractivity contribution in [2.75, 3.05) is 22.8 Å². The van der Waals surface area contributed by atoms with Crippen molar-refractivity contribution >= 4 is 27.5 Å². The molecular weight excluding hydrogens is 494 g/mol. The number of hydrogen-bond acceptors (Lipinski definition) is 5. The number of nitrogens with zero attached hydrogens (tertiary/aromatic N) is 1. The molecule has 2 aromatic rings. The van der Waals surface area contributed by atoms with Gasteiger partial charge in [0.1, 0.15) is 12.4 Å². The fraction of sp³-hybridized carbons (Fsp3) is 0.350. The van der Waals surface area contributed by atoms with Gasteiger partial charge in [0.15, 0.2) is 0 Å². The summed E-state index contributed by atoms with van der Waals surface area (Å²) in [5.41, 5.74) is -4.21. The van der Waals surface area contributed by atoms with Gasteiger partial charge < -0.3 is 9.47 Å². The van der Waals surface area contributed by atoms with Crippen LogP contribution in [0.25, 0.3) is 0 Å². The third-order valence-corrected chi connectivity index (χ3v) is 6.62. The Bertz CT molecular complexity index is 1190. The van der Waals surface area contributed by atoms with Crippen molar-refractivity contribution in [3.05, 3.63) is 48.0 Å². The Morgan fingerprint density at radius 1 is 1.06 bits per heavy atom. The third-order valence-electron chi connectivity index (χ3n) is 4.81. The summed E-state index contributed by atoms with van der Waals surface area (Å²) in [6.45, 7) is 0.924. The highest BCUT2D eigenvalue weighted by atomic mass is 32.2. The Hall–Kier alpha value is -3.16. The minimum Gasteiger partial charge on any atom is -0.489 e. The Kier molecular flexibility index (Phi) is 6.41. The lowest BCUT2D eigenvalue weighted by atomic mass is 10.1. The van der Waals surface area contributed by atoms with E-state index in [4.69, 9.17) is 4.74 Å². The van der Waals surface area contributed by atoms with Crippen LogP contribution >= 0.6 is 0 Å². The molecule has 0 fully saturated rings. The first-order chi connectivity index (χ1) is 15.5. The number of halogens is 6. The quantitative estimate of drug-likeness (QED) is 0.571. The number of carbonyl (C=O) groups is 1. The highest BCUT2D eigenvalue weighted by Crippen LogP contribution is 2.39. The predicted molar refractivity (Wildman–Crippen MR) is 108 cm³/mol. The normalized spacial score (nSPS) is 14.8. The molecule has 186 valence electrons. The van der Waals surface area contributed by atoms with E-state index < -0.39 is 44.5 Å². The lowest BCUT2D eigenvalue weighted by molar-refractivity contribution is -0.242. The maximum absolute atomic E-state index is 13.1. The Morgan fingerprint density at radius 2 is 1.74 bits per heavy atom. The van der Waals surface area contributed by atoms with E-state index in [-0.39, 0.29) is 30.3 Å². The van der Waals surface area contributed by atoms with Crippen LogP contribution in [0, 0.1) is 0 Å². The Labute approximate surface area is 190 Å². The van der Waals surface area contributed by atoms with E-state index in [1.807, 2.05) is 0 Å². The molecule has 0 spiro atoms. The SMILES string of the molecule is CC(C)(OC(=O)Nc1ccc2c(c1)N(S(=O)(=O)c1cccc(C(F)(F)F)c1)CCO2)C(F)(F)F. The van der Waals surface area contributed by atoms with E-state index in [0.29, 0.717) is 19.9 Å². The summed E-state index contributed by atoms with van der Waals surface area (Å²) in [5, 5.41) is 2.07. The smallest absolute Gasteiger partial charge is 0.427 e. The standard InChI is InChI=1S/C20H18F6N2O5S/c1-18(2,20(24,25)26)33-17(29)27-13-6-7-16-15(11-13)28(8-9-32-16)34(30,31)14-5-3-4-12(10-14)19(21,22)23/h3-7,10-11H,8-9H2,1-2H3,(H,27,29). The van der Waals surface area contributed by atoms with Gasteiger partial charge in [-0.3, -0.25) is 9.62 Å². The van der Waals surface area contributed by atoms with Gasteiger partial charge in [0.05, 0.1) is 22.7 Å². The molecule has 0 unspecified atom stereocenters. The van der Waals surface area contributed by atoms with Gasteiger partial charge in [-0.2, -0.15) is 26.3 Å². The number of fused-ring (bicyclic) bond motifs is 1. The molecule has 0 saturated heterocycles. The highest BCUT2D eigenvalue weighted by Gasteiger charge is 2.51. The molecule has 1 aliphatic rings. The second kappa shape index (κ2) is 8.56. The van der Waals surface area contributed by atoms with E-state index in [1.54, 1.807) is 0 Å². The molecule has 7 nitrogen and oxygen atoms in total. The largest absolute Gasteiger partial charge is 0.489 e. The fourth-order valence-electron chi connectivity index (χ4n) is 2.91. The molecule has 0 radical (unpaired) electrons. The van der Waals surface area contributed by atoms with E-state index in [9.17, 15) is 39.6 Å². The van der Waals surface area contributed by atoms with Crippen molar-refractivity contribution in [2.45, 2.75) is 36.7 Å². The van der Waals surface area contributed by atoms with Gasteiger partial charge >= 0.3 is 18.4 Å². The van der Waals surface area contributed by atoms with E-state index >= 15 is 0 Å². The topological polar surface area (TPSA) is 84.9 Å². The summed E-state index contributed by atoms with van der Waals surface area (Å²) >= 11 is 0. The first kappa shape index (κ1) is 25.5. The van der Waals surface area contributed by atoms with Gasteiger partial charge in [-0.15, -0.1) is 0 Å². The van der Waals surface area contributed by atoms with Gasteiger partial charge in [0.2, 0.25) is 5.60 Å². The second-order valence-corrected chi connectivity index (χ2v) is 9.52. The summed E-state index contributed by atoms with van der Waals surface area (Å²) in [6, 6.07) is 6.76. The molecule has 34 heavy (non-hydrogen) atoms. The third kappa shape index (κ3) is 5.16. The van der Waals surface area contributed by atoms with E-state index in [1.165, 1.54) is 12.1 Å². The van der Waals surface area contributed by atoms with Crippen LogP contribution in [-0.2, 0) is 20.9 Å². The van der Waals surface area contributed by atoms with Gasteiger partial charge in [-0.25, -0.2) is 13.2 Å². The van der Waals surface area contributed by atoms with E-state index in [0.717, 1.165) is 28.6 Å². The molecule has 1 heterocycles. The zero-order valence-electron chi connectivity index (χ0n) is 17.6. The van der Waals surface area contributed by atoms with Crippen molar-refractivity contribution < 1.29 is 49.0 Å². The average molecular weight is 512 g/mol. The number of benzene rings is 2. The van der Waals surface area contributed by atoms with Gasteiger partial charge in [0.25, 0.3) is 10.0 Å². The maximum Gasteiger partial charge on any atom is 0.427 e. The first-order valence-electron chi connectivity index (χ1n) is 9.56. The minimum atomic E-state index is -4.84. The number of amides is 1. The maximum atomic E-state index is 13.1. The van der Waals surface area contributed by atoms with Crippen LogP contribution in [0.2, 0.25) is 0 Å². The van der Waals surface area contributed by atoms with Crippen molar-refractivity contribution in [2.24, 2.45) is 0 Å². The minimum absolute atomic E-state index is 0.0383. The highest BCUT2D eigenvalue weighted by molar-refractivity contribution is 7.92. The van der Waals surface area contributed by atoms with Crippen molar-refractivity contribution in [1.82, 2.24) is 0 Å². The van der Waals surface area contributed by atoms with Crippen molar-refractivity contribution in [3.8, 4) is 5.75 Å². The van der Waals surface area contributed by atoms with Crippen LogP contribution in [0.5, 0.6) is 5.75 Å². The van der Waals surface area contributed by atoms with Gasteiger partial charge in [0, 0.05) is 5.69 Å². The Balaban J connectivity index is 1.92. The second-order valence-electron chi connectivity index (χ2n) is 7.66. The summed E-state index contributed by atoms with van der Waals surface area (Å²) in [5.74, 6) is 0.0383. The van der Waals surface area contributed by atoms with Crippen LogP contribution in [-0.4, -0.2) is 39.4 Å².